The van der Waals surface area contributed by atoms with Crippen molar-refractivity contribution in [2.75, 3.05) is 6.61 Å². The van der Waals surface area contributed by atoms with Crippen molar-refractivity contribution in [3.05, 3.63) is 35.9 Å². The maximum Gasteiger partial charge on any atom is 0.0584 e. The Morgan fingerprint density at radius 3 is 2.30 bits per heavy atom. The number of aliphatic hydroxyl groups excluding tert-OH is 1. The third-order valence-electron chi connectivity index (χ3n) is 4.45. The molecule has 2 N–H and O–H groups in total. The molecule has 1 aliphatic carbocycles. The van der Waals surface area contributed by atoms with Crippen LogP contribution in [-0.4, -0.2) is 23.8 Å². The van der Waals surface area contributed by atoms with E-state index in [9.17, 15) is 5.11 Å². The van der Waals surface area contributed by atoms with Crippen LogP contribution in [-0.2, 0) is 0 Å². The van der Waals surface area contributed by atoms with Crippen molar-refractivity contribution >= 4 is 0 Å². The minimum atomic E-state index is 0.261. The van der Waals surface area contributed by atoms with Crippen LogP contribution in [0.1, 0.15) is 57.4 Å². The molecule has 0 amide bonds. The van der Waals surface area contributed by atoms with Crippen LogP contribution >= 0.6 is 0 Å². The van der Waals surface area contributed by atoms with Gasteiger partial charge in [-0.2, -0.15) is 0 Å². The summed E-state index contributed by atoms with van der Waals surface area (Å²) in [6.07, 6.45) is 6.06. The standard InChI is InChI=1S/C18H29NO/c1-14(2)12-18(13-20)19-17-10-8-16(9-11-17)15-6-4-3-5-7-15/h3-7,14,16-20H,8-13H2,1-2H3. The van der Waals surface area contributed by atoms with Gasteiger partial charge in [0.1, 0.15) is 0 Å². The lowest BCUT2D eigenvalue weighted by Gasteiger charge is -2.32. The van der Waals surface area contributed by atoms with Gasteiger partial charge in [-0.05, 0) is 49.5 Å². The molecule has 1 saturated carbocycles. The normalized spacial score (nSPS) is 24.8. The fourth-order valence-corrected chi connectivity index (χ4v) is 3.42. The Balaban J connectivity index is 1.79. The lowest BCUT2D eigenvalue weighted by atomic mass is 9.81. The molecule has 1 aliphatic rings. The van der Waals surface area contributed by atoms with Crippen LogP contribution in [0.4, 0.5) is 0 Å². The van der Waals surface area contributed by atoms with Crippen molar-refractivity contribution in [1.82, 2.24) is 5.32 Å². The second-order valence-corrected chi connectivity index (χ2v) is 6.63. The molecule has 0 bridgehead atoms. The first kappa shape index (κ1) is 15.5. The molecule has 1 aromatic carbocycles. The van der Waals surface area contributed by atoms with E-state index < -0.39 is 0 Å². The van der Waals surface area contributed by atoms with E-state index in [-0.39, 0.29) is 12.6 Å². The second kappa shape index (κ2) is 7.80. The average Bonchev–Trinajstić information content (AvgIpc) is 2.48. The Morgan fingerprint density at radius 2 is 1.75 bits per heavy atom. The number of rotatable bonds is 6. The largest absolute Gasteiger partial charge is 0.395 e. The summed E-state index contributed by atoms with van der Waals surface area (Å²) >= 11 is 0. The number of aliphatic hydroxyl groups is 1. The molecule has 2 heteroatoms. The van der Waals surface area contributed by atoms with Gasteiger partial charge in [0.2, 0.25) is 0 Å². The number of nitrogens with one attached hydrogen (secondary N) is 1. The van der Waals surface area contributed by atoms with E-state index in [0.29, 0.717) is 12.0 Å². The van der Waals surface area contributed by atoms with Gasteiger partial charge in [0.15, 0.2) is 0 Å². The third kappa shape index (κ3) is 4.60. The quantitative estimate of drug-likeness (QED) is 0.829. The van der Waals surface area contributed by atoms with Crippen LogP contribution in [0.5, 0.6) is 0 Å². The van der Waals surface area contributed by atoms with Crippen molar-refractivity contribution in [3.8, 4) is 0 Å². The van der Waals surface area contributed by atoms with Gasteiger partial charge in [-0.3, -0.25) is 0 Å². The topological polar surface area (TPSA) is 32.3 Å². The molecule has 20 heavy (non-hydrogen) atoms. The zero-order chi connectivity index (χ0) is 14.4. The molecule has 2 rings (SSSR count). The molecule has 1 aromatic rings. The fraction of sp³-hybridized carbons (Fsp3) is 0.667. The van der Waals surface area contributed by atoms with Gasteiger partial charge in [0, 0.05) is 12.1 Å². The van der Waals surface area contributed by atoms with Crippen LogP contribution < -0.4 is 5.32 Å². The lowest BCUT2D eigenvalue weighted by molar-refractivity contribution is 0.198. The number of benzene rings is 1. The average molecular weight is 275 g/mol. The summed E-state index contributed by atoms with van der Waals surface area (Å²) < 4.78 is 0. The fourth-order valence-electron chi connectivity index (χ4n) is 3.42. The minimum absolute atomic E-state index is 0.261. The zero-order valence-electron chi connectivity index (χ0n) is 12.9. The van der Waals surface area contributed by atoms with Crippen LogP contribution in [0.15, 0.2) is 30.3 Å². The molecular formula is C18H29NO. The molecule has 112 valence electrons. The smallest absolute Gasteiger partial charge is 0.0584 e. The summed E-state index contributed by atoms with van der Waals surface area (Å²) in [4.78, 5) is 0. The van der Waals surface area contributed by atoms with E-state index in [1.807, 2.05) is 0 Å². The van der Waals surface area contributed by atoms with Crippen LogP contribution in [0.3, 0.4) is 0 Å². The van der Waals surface area contributed by atoms with Crippen LogP contribution in [0.2, 0.25) is 0 Å². The Morgan fingerprint density at radius 1 is 1.10 bits per heavy atom. The highest BCUT2D eigenvalue weighted by Crippen LogP contribution is 2.32. The predicted molar refractivity (Wildman–Crippen MR) is 84.9 cm³/mol. The van der Waals surface area contributed by atoms with E-state index in [1.54, 1.807) is 0 Å². The van der Waals surface area contributed by atoms with E-state index in [0.717, 1.165) is 12.3 Å². The van der Waals surface area contributed by atoms with Gasteiger partial charge in [-0.15, -0.1) is 0 Å². The molecule has 0 saturated heterocycles. The molecule has 1 fully saturated rings. The molecule has 2 nitrogen and oxygen atoms in total. The summed E-state index contributed by atoms with van der Waals surface area (Å²) in [7, 11) is 0. The van der Waals surface area contributed by atoms with Crippen molar-refractivity contribution in [2.45, 2.75) is 64.0 Å². The molecule has 1 atom stereocenters. The van der Waals surface area contributed by atoms with Crippen LogP contribution in [0, 0.1) is 5.92 Å². The predicted octanol–water partition coefficient (Wildman–Crippen LogP) is 3.71. The van der Waals surface area contributed by atoms with Gasteiger partial charge < -0.3 is 10.4 Å². The van der Waals surface area contributed by atoms with E-state index >= 15 is 0 Å². The SMILES string of the molecule is CC(C)CC(CO)NC1CCC(c2ccccc2)CC1. The highest BCUT2D eigenvalue weighted by atomic mass is 16.3. The Labute approximate surface area is 123 Å². The second-order valence-electron chi connectivity index (χ2n) is 6.63. The highest BCUT2D eigenvalue weighted by molar-refractivity contribution is 5.20. The molecule has 0 heterocycles. The van der Waals surface area contributed by atoms with E-state index in [2.05, 4.69) is 49.5 Å². The summed E-state index contributed by atoms with van der Waals surface area (Å²) in [5, 5.41) is 13.1. The molecule has 0 aliphatic heterocycles. The molecule has 0 radical (unpaired) electrons. The maximum absolute atomic E-state index is 9.47. The minimum Gasteiger partial charge on any atom is -0.395 e. The first-order valence-corrected chi connectivity index (χ1v) is 8.11. The zero-order valence-corrected chi connectivity index (χ0v) is 12.9. The van der Waals surface area contributed by atoms with Crippen molar-refractivity contribution in [2.24, 2.45) is 5.92 Å². The van der Waals surface area contributed by atoms with Gasteiger partial charge in [0.05, 0.1) is 6.61 Å². The number of hydrogen-bond donors (Lipinski definition) is 2. The molecule has 0 aromatic heterocycles. The van der Waals surface area contributed by atoms with Gasteiger partial charge in [-0.1, -0.05) is 44.2 Å². The van der Waals surface area contributed by atoms with E-state index in [1.165, 1.54) is 31.2 Å². The molecule has 1 unspecified atom stereocenters. The maximum atomic E-state index is 9.47. The van der Waals surface area contributed by atoms with Crippen LogP contribution in [0.25, 0.3) is 0 Å². The summed E-state index contributed by atoms with van der Waals surface area (Å²) in [5.74, 6) is 1.37. The summed E-state index contributed by atoms with van der Waals surface area (Å²) in [6.45, 7) is 4.70. The summed E-state index contributed by atoms with van der Waals surface area (Å²) in [6, 6.07) is 11.8. The molecular weight excluding hydrogens is 246 g/mol. The van der Waals surface area contributed by atoms with Crippen molar-refractivity contribution in [1.29, 1.82) is 0 Å². The van der Waals surface area contributed by atoms with Gasteiger partial charge in [-0.25, -0.2) is 0 Å². The lowest BCUT2D eigenvalue weighted by Crippen LogP contribution is -2.42. The first-order valence-electron chi connectivity index (χ1n) is 8.11. The Kier molecular flexibility index (Phi) is 6.06. The van der Waals surface area contributed by atoms with Gasteiger partial charge in [0.25, 0.3) is 0 Å². The van der Waals surface area contributed by atoms with Gasteiger partial charge >= 0.3 is 0 Å². The summed E-state index contributed by atoms with van der Waals surface area (Å²) in [5.41, 5.74) is 1.49. The first-order chi connectivity index (χ1) is 9.69. The molecule has 0 spiro atoms. The number of hydrogen-bond acceptors (Lipinski definition) is 2. The Bertz CT molecular complexity index is 368. The van der Waals surface area contributed by atoms with Crippen molar-refractivity contribution < 1.29 is 5.11 Å². The van der Waals surface area contributed by atoms with Crippen molar-refractivity contribution in [3.63, 3.8) is 0 Å². The monoisotopic (exact) mass is 275 g/mol. The third-order valence-corrected chi connectivity index (χ3v) is 4.45. The van der Waals surface area contributed by atoms with E-state index in [4.69, 9.17) is 0 Å². The Hall–Kier alpha value is -0.860. The highest BCUT2D eigenvalue weighted by Gasteiger charge is 2.24.